The van der Waals surface area contributed by atoms with Crippen molar-refractivity contribution in [1.82, 2.24) is 4.57 Å². The maximum Gasteiger partial charge on any atom is 0.132 e. The van der Waals surface area contributed by atoms with Crippen molar-refractivity contribution in [3.63, 3.8) is 0 Å². The van der Waals surface area contributed by atoms with Crippen LogP contribution in [0, 0.1) is 0 Å². The van der Waals surface area contributed by atoms with Crippen LogP contribution >= 0.6 is 0 Å². The van der Waals surface area contributed by atoms with Crippen molar-refractivity contribution in [2.75, 3.05) is 0 Å². The van der Waals surface area contributed by atoms with Crippen molar-refractivity contribution >= 4 is 21.8 Å². The number of rotatable bonds is 3. The average Bonchev–Trinajstić information content (AvgIpc) is 3.56. The Labute approximate surface area is 301 Å². The van der Waals surface area contributed by atoms with Crippen LogP contribution in [0.4, 0.5) is 0 Å². The molecule has 0 fully saturated rings. The van der Waals surface area contributed by atoms with Gasteiger partial charge >= 0.3 is 0 Å². The highest BCUT2D eigenvalue weighted by atomic mass is 16.5. The molecule has 0 saturated carbocycles. The van der Waals surface area contributed by atoms with Crippen LogP contribution in [0.5, 0.6) is 23.0 Å². The molecule has 1 atom stereocenters. The molecule has 0 saturated heterocycles. The predicted molar refractivity (Wildman–Crippen MR) is 210 cm³/mol. The summed E-state index contributed by atoms with van der Waals surface area (Å²) < 4.78 is 16.1. The fourth-order valence-electron chi connectivity index (χ4n) is 8.74. The fraction of sp³-hybridized carbons (Fsp3) is 0.0204. The maximum absolute atomic E-state index is 6.95. The van der Waals surface area contributed by atoms with Crippen molar-refractivity contribution in [2.24, 2.45) is 0 Å². The minimum atomic E-state index is -0.678. The Kier molecular flexibility index (Phi) is 6.17. The largest absolute Gasteiger partial charge is 0.457 e. The van der Waals surface area contributed by atoms with E-state index in [1.54, 1.807) is 0 Å². The summed E-state index contributed by atoms with van der Waals surface area (Å²) in [6.45, 7) is 0. The van der Waals surface area contributed by atoms with Gasteiger partial charge in [-0.25, -0.2) is 0 Å². The SMILES string of the molecule is c1ccc(-c2ccc3c(c2)C2(c4ccccc4Oc4cc(-c5cccc6c7ccccc7n(-c7ccccc7)c56)ccc42)c2ccccc2O3)cc1. The Morgan fingerprint density at radius 3 is 1.75 bits per heavy atom. The van der Waals surface area contributed by atoms with E-state index in [2.05, 4.69) is 193 Å². The quantitative estimate of drug-likeness (QED) is 0.187. The summed E-state index contributed by atoms with van der Waals surface area (Å²) in [5, 5.41) is 2.45. The van der Waals surface area contributed by atoms with Crippen LogP contribution in [0.1, 0.15) is 22.3 Å². The van der Waals surface area contributed by atoms with E-state index in [-0.39, 0.29) is 0 Å². The molecule has 1 aromatic heterocycles. The van der Waals surface area contributed by atoms with Gasteiger partial charge in [-0.3, -0.25) is 0 Å². The van der Waals surface area contributed by atoms with Crippen LogP contribution < -0.4 is 9.47 Å². The summed E-state index contributed by atoms with van der Waals surface area (Å²) in [6, 6.07) is 66.9. The second kappa shape index (κ2) is 11.1. The summed E-state index contributed by atoms with van der Waals surface area (Å²) in [5.41, 5.74) is 11.8. The number of hydrogen-bond acceptors (Lipinski definition) is 2. The zero-order chi connectivity index (χ0) is 34.2. The van der Waals surface area contributed by atoms with Crippen molar-refractivity contribution in [1.29, 1.82) is 0 Å². The van der Waals surface area contributed by atoms with E-state index in [4.69, 9.17) is 9.47 Å². The number of benzene rings is 8. The van der Waals surface area contributed by atoms with Gasteiger partial charge in [0.05, 0.1) is 16.4 Å². The van der Waals surface area contributed by atoms with E-state index in [9.17, 15) is 0 Å². The zero-order valence-electron chi connectivity index (χ0n) is 28.2. The Hall–Kier alpha value is -6.84. The maximum atomic E-state index is 6.95. The molecule has 244 valence electrons. The molecule has 2 aliphatic rings. The average molecular weight is 666 g/mol. The molecule has 3 heterocycles. The van der Waals surface area contributed by atoms with Gasteiger partial charge in [0, 0.05) is 44.3 Å². The van der Waals surface area contributed by atoms with Gasteiger partial charge in [-0.05, 0) is 65.2 Å². The van der Waals surface area contributed by atoms with Gasteiger partial charge < -0.3 is 14.0 Å². The van der Waals surface area contributed by atoms with Gasteiger partial charge in [0.15, 0.2) is 0 Å². The second-order valence-corrected chi connectivity index (χ2v) is 13.6. The normalized spacial score (nSPS) is 15.3. The third-order valence-corrected chi connectivity index (χ3v) is 10.9. The summed E-state index contributed by atoms with van der Waals surface area (Å²) in [7, 11) is 0. The number of hydrogen-bond donors (Lipinski definition) is 0. The van der Waals surface area contributed by atoms with Crippen molar-refractivity contribution in [2.45, 2.75) is 5.41 Å². The smallest absolute Gasteiger partial charge is 0.132 e. The zero-order valence-corrected chi connectivity index (χ0v) is 28.2. The van der Waals surface area contributed by atoms with Gasteiger partial charge in [-0.15, -0.1) is 0 Å². The number of fused-ring (bicyclic) bond motifs is 11. The highest BCUT2D eigenvalue weighted by Crippen LogP contribution is 2.62. The molecule has 1 unspecified atom stereocenters. The minimum Gasteiger partial charge on any atom is -0.457 e. The molecule has 3 heteroatoms. The molecule has 11 rings (SSSR count). The van der Waals surface area contributed by atoms with E-state index >= 15 is 0 Å². The lowest BCUT2D eigenvalue weighted by Gasteiger charge is -2.45. The van der Waals surface area contributed by atoms with Crippen LogP contribution in [0.2, 0.25) is 0 Å². The summed E-state index contributed by atoms with van der Waals surface area (Å²) in [5.74, 6) is 3.38. The first-order valence-electron chi connectivity index (χ1n) is 17.8. The highest BCUT2D eigenvalue weighted by molar-refractivity contribution is 6.13. The molecular formula is C49H31NO2. The van der Waals surface area contributed by atoms with Gasteiger partial charge in [0.25, 0.3) is 0 Å². The van der Waals surface area contributed by atoms with Crippen molar-refractivity contribution in [3.8, 4) is 50.9 Å². The van der Waals surface area contributed by atoms with Gasteiger partial charge in [-0.2, -0.15) is 0 Å². The van der Waals surface area contributed by atoms with E-state index in [0.29, 0.717) is 0 Å². The van der Waals surface area contributed by atoms with Crippen LogP contribution in [0.25, 0.3) is 49.7 Å². The molecule has 0 bridgehead atoms. The van der Waals surface area contributed by atoms with E-state index < -0.39 is 5.41 Å². The number of ether oxygens (including phenoxy) is 2. The van der Waals surface area contributed by atoms with Gasteiger partial charge in [0.2, 0.25) is 0 Å². The van der Waals surface area contributed by atoms with Crippen molar-refractivity contribution in [3.05, 3.63) is 210 Å². The van der Waals surface area contributed by atoms with Crippen LogP contribution in [-0.4, -0.2) is 4.57 Å². The summed E-state index contributed by atoms with van der Waals surface area (Å²) in [4.78, 5) is 0. The lowest BCUT2D eigenvalue weighted by Crippen LogP contribution is -2.36. The molecule has 52 heavy (non-hydrogen) atoms. The molecule has 9 aromatic rings. The second-order valence-electron chi connectivity index (χ2n) is 13.6. The Balaban J connectivity index is 1.20. The molecule has 1 spiro atoms. The fourth-order valence-corrected chi connectivity index (χ4v) is 8.74. The van der Waals surface area contributed by atoms with Crippen molar-refractivity contribution < 1.29 is 9.47 Å². The van der Waals surface area contributed by atoms with Crippen LogP contribution in [0.15, 0.2) is 188 Å². The predicted octanol–water partition coefficient (Wildman–Crippen LogP) is 12.7. The Morgan fingerprint density at radius 1 is 0.365 bits per heavy atom. The first kappa shape index (κ1) is 28.9. The Morgan fingerprint density at radius 2 is 0.962 bits per heavy atom. The minimum absolute atomic E-state index is 0.678. The molecule has 3 nitrogen and oxygen atoms in total. The molecule has 2 aliphatic heterocycles. The summed E-state index contributed by atoms with van der Waals surface area (Å²) in [6.07, 6.45) is 0. The summed E-state index contributed by atoms with van der Waals surface area (Å²) >= 11 is 0. The van der Waals surface area contributed by atoms with E-state index in [1.165, 1.54) is 21.8 Å². The molecule has 0 N–H and O–H groups in total. The molecular weight excluding hydrogens is 635 g/mol. The molecule has 8 aromatic carbocycles. The number of aromatic nitrogens is 1. The topological polar surface area (TPSA) is 23.4 Å². The van der Waals surface area contributed by atoms with Gasteiger partial charge in [-0.1, -0.05) is 140 Å². The standard InChI is InChI=1S/C49H31NO2/c1-3-14-32(15-4-1)33-27-29-46-42(30-33)49(39-21-8-11-24-44(39)51-46)40-22-9-12-25-45(40)52-47-31-34(26-28-41(47)49)36-19-13-20-38-37-18-7-10-23-43(37)50(48(36)38)35-16-5-2-6-17-35/h1-31H. The molecule has 0 amide bonds. The van der Waals surface area contributed by atoms with Gasteiger partial charge in [0.1, 0.15) is 23.0 Å². The molecule has 0 aliphatic carbocycles. The van der Waals surface area contributed by atoms with Crippen LogP contribution in [0.3, 0.4) is 0 Å². The van der Waals surface area contributed by atoms with E-state index in [0.717, 1.165) is 73.2 Å². The number of para-hydroxylation sites is 5. The first-order chi connectivity index (χ1) is 25.8. The monoisotopic (exact) mass is 665 g/mol. The lowest BCUT2D eigenvalue weighted by molar-refractivity contribution is 0.399. The Bertz CT molecular complexity index is 2840. The van der Waals surface area contributed by atoms with Crippen LogP contribution in [-0.2, 0) is 5.41 Å². The highest BCUT2D eigenvalue weighted by Gasteiger charge is 2.50. The third-order valence-electron chi connectivity index (χ3n) is 10.9. The lowest BCUT2D eigenvalue weighted by atomic mass is 9.62. The number of nitrogens with zero attached hydrogens (tertiary/aromatic N) is 1. The van der Waals surface area contributed by atoms with E-state index in [1.807, 2.05) is 0 Å². The molecule has 0 radical (unpaired) electrons. The first-order valence-corrected chi connectivity index (χ1v) is 17.8. The third kappa shape index (κ3) is 4.02.